The fraction of sp³-hybridized carbons (Fsp3) is 0.0333. The molecule has 1 heterocycles. The van der Waals surface area contributed by atoms with E-state index in [1.807, 2.05) is 0 Å². The molecular weight excluding hydrogens is 751 g/mol. The number of hydrogen-bond donors (Lipinski definition) is 0. The van der Waals surface area contributed by atoms with E-state index in [1.54, 1.807) is 0 Å². The topological polar surface area (TPSA) is 16.4 Å². The number of benzene rings is 9. The molecule has 0 N–H and O–H groups in total. The van der Waals surface area contributed by atoms with Crippen LogP contribution >= 0.6 is 0 Å². The predicted octanol–water partition coefficient (Wildman–Crippen LogP) is 16.4. The number of fused-ring (bicyclic) bond motifs is 11. The fourth-order valence-corrected chi connectivity index (χ4v) is 10.6. The molecule has 9 aromatic carbocycles. The zero-order valence-electron chi connectivity index (χ0n) is 34.3. The van der Waals surface area contributed by atoms with Gasteiger partial charge in [0.1, 0.15) is 5.58 Å². The summed E-state index contributed by atoms with van der Waals surface area (Å²) in [6.07, 6.45) is 6.49. The van der Waals surface area contributed by atoms with Crippen LogP contribution in [0.25, 0.3) is 71.7 Å². The van der Waals surface area contributed by atoms with Crippen LogP contribution in [0.1, 0.15) is 29.2 Å². The van der Waals surface area contributed by atoms with Crippen LogP contribution in [-0.4, -0.2) is 0 Å². The molecule has 0 amide bonds. The van der Waals surface area contributed by atoms with Crippen LogP contribution in [0, 0.1) is 0 Å². The van der Waals surface area contributed by atoms with Crippen molar-refractivity contribution < 1.29 is 4.42 Å². The summed E-state index contributed by atoms with van der Waals surface area (Å²) in [6, 6.07) is 72.7. The molecule has 2 heteroatoms. The minimum absolute atomic E-state index is 0.465. The number of nitrogens with zero attached hydrogens (tertiary/aromatic N) is 1. The van der Waals surface area contributed by atoms with Crippen LogP contribution in [0.3, 0.4) is 0 Å². The fourth-order valence-electron chi connectivity index (χ4n) is 10.6. The van der Waals surface area contributed by atoms with E-state index in [2.05, 4.69) is 237 Å². The number of hydrogen-bond acceptors (Lipinski definition) is 2. The van der Waals surface area contributed by atoms with E-state index in [0.29, 0.717) is 0 Å². The molecule has 2 nitrogen and oxygen atoms in total. The maximum atomic E-state index is 7.00. The van der Waals surface area contributed by atoms with Gasteiger partial charge in [-0.3, -0.25) is 0 Å². The first kappa shape index (κ1) is 36.0. The minimum atomic E-state index is -0.465. The molecule has 0 bridgehead atoms. The summed E-state index contributed by atoms with van der Waals surface area (Å²) in [5.74, 6) is 0. The first-order valence-corrected chi connectivity index (χ1v) is 21.4. The highest BCUT2D eigenvalue weighted by molar-refractivity contribution is 6.13. The van der Waals surface area contributed by atoms with Gasteiger partial charge in [-0.2, -0.15) is 0 Å². The van der Waals surface area contributed by atoms with E-state index in [-0.39, 0.29) is 0 Å². The van der Waals surface area contributed by atoms with E-state index in [1.165, 1.54) is 60.9 Å². The molecule has 0 saturated carbocycles. The highest BCUT2D eigenvalue weighted by atomic mass is 16.3. The van der Waals surface area contributed by atoms with Crippen LogP contribution < -0.4 is 4.90 Å². The van der Waals surface area contributed by atoms with Crippen LogP contribution in [0.15, 0.2) is 235 Å². The Hall–Kier alpha value is -7.94. The Morgan fingerprint density at radius 2 is 1.10 bits per heavy atom. The third-order valence-corrected chi connectivity index (χ3v) is 13.2. The summed E-state index contributed by atoms with van der Waals surface area (Å²) >= 11 is 0. The van der Waals surface area contributed by atoms with Crippen LogP contribution in [0.5, 0.6) is 0 Å². The van der Waals surface area contributed by atoms with Crippen molar-refractivity contribution in [1.82, 2.24) is 0 Å². The maximum absolute atomic E-state index is 7.00. The zero-order valence-corrected chi connectivity index (χ0v) is 34.3. The molecule has 292 valence electrons. The molecule has 10 aromatic rings. The summed E-state index contributed by atoms with van der Waals surface area (Å²) in [5.41, 5.74) is 19.1. The van der Waals surface area contributed by atoms with Crippen molar-refractivity contribution in [3.8, 4) is 33.4 Å². The molecule has 0 fully saturated rings. The zero-order chi connectivity index (χ0) is 41.4. The van der Waals surface area contributed by atoms with E-state index in [0.717, 1.165) is 55.7 Å². The number of rotatable bonds is 7. The van der Waals surface area contributed by atoms with Crippen molar-refractivity contribution >= 4 is 55.3 Å². The first-order valence-electron chi connectivity index (χ1n) is 21.4. The molecule has 1 spiro atoms. The van der Waals surface area contributed by atoms with Gasteiger partial charge in [-0.25, -0.2) is 0 Å². The highest BCUT2D eigenvalue weighted by Crippen LogP contribution is 2.62. The SMILES string of the molecule is C=CC1=C(/C=C\C)c2ccccc2C12c1ccccc1-c1ccc(-c3ccc(N(c4ccc5ccccc5c4)c4cccc5c4oc4c(-c6ccccc6)cccc45)cc3)cc12. The molecular formula is C60H41NO. The Bertz CT molecular complexity index is 3490. The summed E-state index contributed by atoms with van der Waals surface area (Å²) < 4.78 is 7.00. The molecule has 1 unspecified atom stereocenters. The second-order valence-electron chi connectivity index (χ2n) is 16.4. The molecule has 1 aromatic heterocycles. The Labute approximate surface area is 361 Å². The van der Waals surface area contributed by atoms with E-state index in [4.69, 9.17) is 4.42 Å². The number of para-hydroxylation sites is 2. The van der Waals surface area contributed by atoms with Gasteiger partial charge in [0.25, 0.3) is 0 Å². The summed E-state index contributed by atoms with van der Waals surface area (Å²) in [4.78, 5) is 2.34. The van der Waals surface area contributed by atoms with Crippen molar-refractivity contribution in [3.63, 3.8) is 0 Å². The van der Waals surface area contributed by atoms with Crippen LogP contribution in [0.4, 0.5) is 17.1 Å². The van der Waals surface area contributed by atoms with E-state index >= 15 is 0 Å². The Balaban J connectivity index is 1.02. The van der Waals surface area contributed by atoms with Gasteiger partial charge in [-0.15, -0.1) is 0 Å². The van der Waals surface area contributed by atoms with Crippen molar-refractivity contribution in [3.05, 3.63) is 253 Å². The average molecular weight is 792 g/mol. The smallest absolute Gasteiger partial charge is 0.159 e. The minimum Gasteiger partial charge on any atom is -0.453 e. The van der Waals surface area contributed by atoms with Gasteiger partial charge in [0, 0.05) is 27.7 Å². The second-order valence-corrected chi connectivity index (χ2v) is 16.4. The number of allylic oxidation sites excluding steroid dienone is 5. The lowest BCUT2D eigenvalue weighted by Gasteiger charge is -2.31. The van der Waals surface area contributed by atoms with Gasteiger partial charge in [-0.1, -0.05) is 189 Å². The molecule has 0 radical (unpaired) electrons. The molecule has 2 aliphatic rings. The molecule has 62 heavy (non-hydrogen) atoms. The molecule has 1 atom stereocenters. The monoisotopic (exact) mass is 791 g/mol. The summed E-state index contributed by atoms with van der Waals surface area (Å²) in [5, 5.41) is 4.58. The van der Waals surface area contributed by atoms with Crippen molar-refractivity contribution in [1.29, 1.82) is 0 Å². The first-order chi connectivity index (χ1) is 30.7. The average Bonchev–Trinajstić information content (AvgIpc) is 3.96. The van der Waals surface area contributed by atoms with E-state index in [9.17, 15) is 0 Å². The van der Waals surface area contributed by atoms with Gasteiger partial charge in [0.2, 0.25) is 0 Å². The molecule has 12 rings (SSSR count). The molecule has 0 saturated heterocycles. The Morgan fingerprint density at radius 3 is 1.89 bits per heavy atom. The highest BCUT2D eigenvalue weighted by Gasteiger charge is 2.51. The molecule has 2 aliphatic carbocycles. The van der Waals surface area contributed by atoms with E-state index < -0.39 is 5.41 Å². The van der Waals surface area contributed by atoms with Gasteiger partial charge >= 0.3 is 0 Å². The van der Waals surface area contributed by atoms with Crippen LogP contribution in [0.2, 0.25) is 0 Å². The predicted molar refractivity (Wildman–Crippen MR) is 260 cm³/mol. The second kappa shape index (κ2) is 14.1. The molecule has 0 aliphatic heterocycles. The van der Waals surface area contributed by atoms with Crippen molar-refractivity contribution in [2.24, 2.45) is 0 Å². The lowest BCUT2D eigenvalue weighted by atomic mass is 9.69. The van der Waals surface area contributed by atoms with Crippen molar-refractivity contribution in [2.75, 3.05) is 4.90 Å². The number of furan rings is 1. The Morgan fingerprint density at radius 1 is 0.468 bits per heavy atom. The quantitative estimate of drug-likeness (QED) is 0.160. The standard InChI is InChI=1S/C60H41NO/c1-3-16-47-48-21-10-12-26-54(48)60(53(47)4-2)55-27-13-11-22-49(55)50-36-32-43(38-56(50)60)40-29-33-44(34-30-40)61(45-35-31-39-17-8-9-20-42(39)37-45)57-28-15-25-52-51-24-14-23-46(58(51)62-59(52)57)41-18-6-5-7-19-41/h3-38H,2H2,1H3/b16-3-. The van der Waals surface area contributed by atoms with Crippen molar-refractivity contribution in [2.45, 2.75) is 12.3 Å². The lowest BCUT2D eigenvalue weighted by Crippen LogP contribution is -2.26. The lowest BCUT2D eigenvalue weighted by molar-refractivity contribution is 0.670. The largest absolute Gasteiger partial charge is 0.453 e. The van der Waals surface area contributed by atoms with Gasteiger partial charge < -0.3 is 9.32 Å². The Kier molecular flexibility index (Phi) is 8.17. The summed E-state index contributed by atoms with van der Waals surface area (Å²) in [6.45, 7) is 6.54. The van der Waals surface area contributed by atoms with Gasteiger partial charge in [-0.05, 0) is 115 Å². The maximum Gasteiger partial charge on any atom is 0.159 e. The third-order valence-electron chi connectivity index (χ3n) is 13.2. The normalized spacial score (nSPS) is 15.2. The third kappa shape index (κ3) is 5.17. The summed E-state index contributed by atoms with van der Waals surface area (Å²) in [7, 11) is 0. The van der Waals surface area contributed by atoms with Gasteiger partial charge in [0.15, 0.2) is 5.58 Å². The van der Waals surface area contributed by atoms with Crippen LogP contribution in [-0.2, 0) is 5.41 Å². The number of anilines is 3. The van der Waals surface area contributed by atoms with Gasteiger partial charge in [0.05, 0.1) is 11.1 Å².